The van der Waals surface area contributed by atoms with Crippen LogP contribution in [0.1, 0.15) is 34.6 Å². The Kier molecular flexibility index (Phi) is 6.03. The Morgan fingerprint density at radius 2 is 1.79 bits per heavy atom. The third-order valence-electron chi connectivity index (χ3n) is 4.87. The van der Waals surface area contributed by atoms with Crippen LogP contribution in [0.5, 0.6) is 11.5 Å². The number of Topliss-reactive ketones (excluding diaryl/α,β-unsaturated/α-hetero) is 1. The highest BCUT2D eigenvalue weighted by Gasteiger charge is 2.30. The van der Waals surface area contributed by atoms with E-state index < -0.39 is 29.9 Å². The Morgan fingerprint density at radius 3 is 2.55 bits per heavy atom. The van der Waals surface area contributed by atoms with Gasteiger partial charge in [-0.15, -0.1) is 0 Å². The molecule has 1 aromatic heterocycles. The van der Waals surface area contributed by atoms with Crippen LogP contribution in [0.4, 0.5) is 13.2 Å². The number of hydrogen-bond donors (Lipinski definition) is 1. The summed E-state index contributed by atoms with van der Waals surface area (Å²) < 4.78 is 54.5. The molecule has 1 aliphatic rings. The minimum absolute atomic E-state index is 0.0249. The van der Waals surface area contributed by atoms with Crippen molar-refractivity contribution in [2.24, 2.45) is 0 Å². The summed E-state index contributed by atoms with van der Waals surface area (Å²) >= 11 is 0. The van der Waals surface area contributed by atoms with Gasteiger partial charge in [0.25, 0.3) is 5.56 Å². The highest BCUT2D eigenvalue weighted by molar-refractivity contribution is 5.98. The number of carbonyl (C=O) groups is 2. The monoisotopic (exact) mass is 462 g/mol. The summed E-state index contributed by atoms with van der Waals surface area (Å²) in [5, 5.41) is -0.0249. The Morgan fingerprint density at radius 1 is 1.03 bits per heavy atom. The van der Waals surface area contributed by atoms with Crippen LogP contribution in [0.25, 0.3) is 10.9 Å². The van der Waals surface area contributed by atoms with Crippen molar-refractivity contribution in [2.75, 3.05) is 13.2 Å². The van der Waals surface area contributed by atoms with E-state index in [-0.39, 0.29) is 35.4 Å². The van der Waals surface area contributed by atoms with Crippen molar-refractivity contribution in [1.82, 2.24) is 9.97 Å². The minimum atomic E-state index is -4.59. The van der Waals surface area contributed by atoms with E-state index in [1.54, 1.807) is 18.2 Å². The fraction of sp³-hybridized carbons (Fsp3) is 0.273. The Balaban J connectivity index is 1.36. The number of benzene rings is 2. The molecule has 0 spiro atoms. The van der Waals surface area contributed by atoms with Crippen LogP contribution in [0.2, 0.25) is 0 Å². The Bertz CT molecular complexity index is 1290. The molecule has 0 saturated heterocycles. The van der Waals surface area contributed by atoms with Crippen molar-refractivity contribution in [2.45, 2.75) is 25.6 Å². The number of esters is 1. The molecule has 0 unspecified atom stereocenters. The van der Waals surface area contributed by atoms with Crippen LogP contribution in [-0.2, 0) is 22.3 Å². The lowest BCUT2D eigenvalue weighted by atomic mass is 10.1. The van der Waals surface area contributed by atoms with Gasteiger partial charge < -0.3 is 19.2 Å². The van der Waals surface area contributed by atoms with Crippen LogP contribution < -0.4 is 15.0 Å². The zero-order chi connectivity index (χ0) is 23.6. The second kappa shape index (κ2) is 8.93. The number of hydrogen-bond acceptors (Lipinski definition) is 7. The summed E-state index contributed by atoms with van der Waals surface area (Å²) in [7, 11) is 0. The van der Waals surface area contributed by atoms with Crippen molar-refractivity contribution in [1.29, 1.82) is 0 Å². The van der Waals surface area contributed by atoms with Gasteiger partial charge in [0.05, 0.1) is 22.9 Å². The average molecular weight is 462 g/mol. The SMILES string of the molecule is O=C(CCC(=O)c1ccc2c(c1)OCCO2)OCc1nc2cc(C(F)(F)F)ccc2c(=O)[nH]1. The van der Waals surface area contributed by atoms with Gasteiger partial charge in [-0.25, -0.2) is 4.98 Å². The molecule has 4 rings (SSSR count). The van der Waals surface area contributed by atoms with E-state index >= 15 is 0 Å². The summed E-state index contributed by atoms with van der Waals surface area (Å²) in [6.45, 7) is 0.338. The van der Waals surface area contributed by atoms with E-state index in [2.05, 4.69) is 9.97 Å². The molecule has 0 amide bonds. The minimum Gasteiger partial charge on any atom is -0.486 e. The number of H-pyrrole nitrogens is 1. The number of carbonyl (C=O) groups excluding carboxylic acids is 2. The van der Waals surface area contributed by atoms with E-state index in [9.17, 15) is 27.6 Å². The molecular weight excluding hydrogens is 445 g/mol. The molecule has 8 nitrogen and oxygen atoms in total. The first-order valence-corrected chi connectivity index (χ1v) is 9.89. The first kappa shape index (κ1) is 22.3. The third-order valence-corrected chi connectivity index (χ3v) is 4.87. The van der Waals surface area contributed by atoms with Gasteiger partial charge in [-0.3, -0.25) is 14.4 Å². The van der Waals surface area contributed by atoms with Crippen LogP contribution in [-0.4, -0.2) is 34.9 Å². The van der Waals surface area contributed by atoms with Gasteiger partial charge in [-0.1, -0.05) is 0 Å². The highest BCUT2D eigenvalue weighted by Crippen LogP contribution is 2.31. The van der Waals surface area contributed by atoms with Crippen molar-refractivity contribution in [3.05, 3.63) is 63.7 Å². The van der Waals surface area contributed by atoms with Crippen molar-refractivity contribution in [3.63, 3.8) is 0 Å². The number of ketones is 1. The van der Waals surface area contributed by atoms with Gasteiger partial charge in [0.15, 0.2) is 17.3 Å². The number of fused-ring (bicyclic) bond motifs is 2. The summed E-state index contributed by atoms with van der Waals surface area (Å²) in [6, 6.07) is 7.30. The molecule has 0 fully saturated rings. The molecular formula is C22H17F3N2O6. The molecule has 0 atom stereocenters. The molecule has 0 bridgehead atoms. The molecule has 11 heteroatoms. The predicted octanol–water partition coefficient (Wildman–Crippen LogP) is 3.42. The fourth-order valence-corrected chi connectivity index (χ4v) is 3.23. The topological polar surface area (TPSA) is 108 Å². The van der Waals surface area contributed by atoms with E-state index in [0.717, 1.165) is 18.2 Å². The number of rotatable bonds is 6. The second-order valence-corrected chi connectivity index (χ2v) is 7.18. The maximum Gasteiger partial charge on any atom is 0.416 e. The third kappa shape index (κ3) is 5.13. The second-order valence-electron chi connectivity index (χ2n) is 7.18. The normalized spacial score (nSPS) is 13.1. The van der Waals surface area contributed by atoms with Crippen LogP contribution in [0.15, 0.2) is 41.2 Å². The smallest absolute Gasteiger partial charge is 0.416 e. The van der Waals surface area contributed by atoms with Crippen molar-refractivity contribution in [3.8, 4) is 11.5 Å². The molecule has 33 heavy (non-hydrogen) atoms. The van der Waals surface area contributed by atoms with Gasteiger partial charge in [0.2, 0.25) is 0 Å². The van der Waals surface area contributed by atoms with Gasteiger partial charge >= 0.3 is 12.1 Å². The molecule has 3 aromatic rings. The maximum absolute atomic E-state index is 12.9. The van der Waals surface area contributed by atoms with E-state index in [0.29, 0.717) is 30.3 Å². The van der Waals surface area contributed by atoms with E-state index in [1.165, 1.54) is 0 Å². The van der Waals surface area contributed by atoms with Gasteiger partial charge in [0.1, 0.15) is 25.6 Å². The number of nitrogens with zero attached hydrogens (tertiary/aromatic N) is 1. The molecule has 2 aromatic carbocycles. The zero-order valence-electron chi connectivity index (χ0n) is 17.0. The Hall–Kier alpha value is -3.89. The molecule has 2 heterocycles. The summed E-state index contributed by atoms with van der Waals surface area (Å²) in [4.78, 5) is 42.8. The number of halogens is 3. The molecule has 1 N–H and O–H groups in total. The van der Waals surface area contributed by atoms with Crippen molar-refractivity contribution >= 4 is 22.7 Å². The maximum atomic E-state index is 12.9. The lowest BCUT2D eigenvalue weighted by molar-refractivity contribution is -0.145. The fourth-order valence-electron chi connectivity index (χ4n) is 3.23. The summed E-state index contributed by atoms with van der Waals surface area (Å²) in [6.07, 6.45) is -4.95. The lowest BCUT2D eigenvalue weighted by Crippen LogP contribution is -2.16. The van der Waals surface area contributed by atoms with Gasteiger partial charge in [-0.05, 0) is 36.4 Å². The molecule has 0 radical (unpaired) electrons. The molecule has 1 aliphatic heterocycles. The van der Waals surface area contributed by atoms with E-state index in [4.69, 9.17) is 14.2 Å². The lowest BCUT2D eigenvalue weighted by Gasteiger charge is -2.18. The Labute approximate surface area is 184 Å². The van der Waals surface area contributed by atoms with Gasteiger partial charge in [0, 0.05) is 12.0 Å². The highest BCUT2D eigenvalue weighted by atomic mass is 19.4. The number of aromatic nitrogens is 2. The quantitative estimate of drug-likeness (QED) is 0.442. The first-order chi connectivity index (χ1) is 15.7. The van der Waals surface area contributed by atoms with Crippen LogP contribution >= 0.6 is 0 Å². The zero-order valence-corrected chi connectivity index (χ0v) is 17.0. The van der Waals surface area contributed by atoms with Crippen LogP contribution in [0.3, 0.4) is 0 Å². The molecule has 172 valence electrons. The number of nitrogens with one attached hydrogen (secondary N) is 1. The molecule has 0 aliphatic carbocycles. The first-order valence-electron chi connectivity index (χ1n) is 9.89. The molecule has 0 saturated carbocycles. The van der Waals surface area contributed by atoms with Gasteiger partial charge in [-0.2, -0.15) is 13.2 Å². The number of aromatic amines is 1. The van der Waals surface area contributed by atoms with Crippen LogP contribution in [0, 0.1) is 0 Å². The number of ether oxygens (including phenoxy) is 3. The number of alkyl halides is 3. The summed E-state index contributed by atoms with van der Waals surface area (Å²) in [5.41, 5.74) is -1.43. The average Bonchev–Trinajstić information content (AvgIpc) is 2.80. The predicted molar refractivity (Wildman–Crippen MR) is 108 cm³/mol. The summed E-state index contributed by atoms with van der Waals surface area (Å²) in [5.74, 6) is -0.155. The largest absolute Gasteiger partial charge is 0.486 e. The van der Waals surface area contributed by atoms with E-state index in [1.807, 2.05) is 0 Å². The van der Waals surface area contributed by atoms with Crippen molar-refractivity contribution < 1.29 is 37.0 Å². The standard InChI is InChI=1S/C22H17F3N2O6/c23-22(24,25)13-2-3-14-15(10-13)26-19(27-21(14)30)11-33-20(29)6-4-16(28)12-1-5-17-18(9-12)32-8-7-31-17/h1-3,5,9-10H,4,6-8,11H2,(H,26,27,30).